The smallest absolute Gasteiger partial charge is 0.416 e. The first kappa shape index (κ1) is 26.5. The minimum Gasteiger partial charge on any atom is -0.466 e. The van der Waals surface area contributed by atoms with E-state index >= 15 is 0 Å². The van der Waals surface area contributed by atoms with E-state index in [-0.39, 0.29) is 41.9 Å². The number of nitrogens with one attached hydrogen (secondary N) is 1. The maximum absolute atomic E-state index is 13.8. The molecule has 2 aliphatic rings. The maximum atomic E-state index is 13.8. The molecular formula is C24H30F3N3O5. The number of likely N-dealkylation sites (N-methyl/N-ethyl adjacent to an activating group) is 1. The lowest BCUT2D eigenvalue weighted by Crippen LogP contribution is -2.50. The number of ether oxygens (including phenoxy) is 2. The lowest BCUT2D eigenvalue weighted by molar-refractivity contribution is -0.149. The van der Waals surface area contributed by atoms with Crippen LogP contribution in [0, 0.1) is 5.92 Å². The Kier molecular flexibility index (Phi) is 8.42. The molecule has 0 radical (unpaired) electrons. The highest BCUT2D eigenvalue weighted by atomic mass is 19.4. The normalized spacial score (nSPS) is 20.0. The van der Waals surface area contributed by atoms with Crippen LogP contribution in [0.4, 0.5) is 18.0 Å². The predicted molar refractivity (Wildman–Crippen MR) is 120 cm³/mol. The van der Waals surface area contributed by atoms with Crippen molar-refractivity contribution >= 4 is 18.0 Å². The molecule has 1 fully saturated rings. The number of esters is 2. The molecule has 0 aromatic heterocycles. The highest BCUT2D eigenvalue weighted by molar-refractivity contribution is 5.95. The first-order valence-corrected chi connectivity index (χ1v) is 11.6. The van der Waals surface area contributed by atoms with Crippen LogP contribution in [0.2, 0.25) is 0 Å². The number of hydrogen-bond donors (Lipinski definition) is 1. The van der Waals surface area contributed by atoms with Crippen molar-refractivity contribution in [3.63, 3.8) is 0 Å². The first-order chi connectivity index (χ1) is 16.6. The van der Waals surface area contributed by atoms with Crippen LogP contribution in [0.5, 0.6) is 0 Å². The van der Waals surface area contributed by atoms with E-state index in [2.05, 4.69) is 5.32 Å². The molecule has 0 aliphatic carbocycles. The lowest BCUT2D eigenvalue weighted by Gasteiger charge is -2.38. The number of likely N-dealkylation sites (tertiary alicyclic amines) is 1. The second-order valence-electron chi connectivity index (χ2n) is 8.41. The summed E-state index contributed by atoms with van der Waals surface area (Å²) in [6.45, 7) is 4.81. The molecule has 1 aromatic rings. The molecule has 0 unspecified atom stereocenters. The van der Waals surface area contributed by atoms with Crippen molar-refractivity contribution in [2.75, 3.05) is 39.9 Å². The fourth-order valence-electron chi connectivity index (χ4n) is 4.44. The second-order valence-corrected chi connectivity index (χ2v) is 8.41. The van der Waals surface area contributed by atoms with Gasteiger partial charge in [0.2, 0.25) is 0 Å². The fourth-order valence-corrected chi connectivity index (χ4v) is 4.44. The summed E-state index contributed by atoms with van der Waals surface area (Å²) in [5.74, 6) is -1.28. The third kappa shape index (κ3) is 5.95. The summed E-state index contributed by atoms with van der Waals surface area (Å²) in [7, 11) is 1.46. The lowest BCUT2D eigenvalue weighted by atomic mass is 9.90. The second kappa shape index (κ2) is 11.1. The zero-order chi connectivity index (χ0) is 25.8. The third-order valence-corrected chi connectivity index (χ3v) is 6.23. The number of urea groups is 1. The average molecular weight is 498 g/mol. The van der Waals surface area contributed by atoms with Crippen molar-refractivity contribution in [3.05, 3.63) is 46.7 Å². The first-order valence-electron chi connectivity index (χ1n) is 11.6. The van der Waals surface area contributed by atoms with E-state index in [1.165, 1.54) is 30.1 Å². The van der Waals surface area contributed by atoms with Gasteiger partial charge in [0.25, 0.3) is 0 Å². The highest BCUT2D eigenvalue weighted by Gasteiger charge is 2.42. The van der Waals surface area contributed by atoms with E-state index in [0.717, 1.165) is 6.07 Å². The van der Waals surface area contributed by atoms with Gasteiger partial charge < -0.3 is 14.8 Å². The summed E-state index contributed by atoms with van der Waals surface area (Å²) in [4.78, 5) is 41.1. The fraction of sp³-hybridized carbons (Fsp3) is 0.542. The zero-order valence-corrected chi connectivity index (χ0v) is 20.0. The van der Waals surface area contributed by atoms with Crippen molar-refractivity contribution in [1.82, 2.24) is 15.1 Å². The SMILES string of the molecule is CCOC(=O)C1=C(CN2CCC(C(=O)OCC)CC2)N(C)C(=O)N[C@@H]1c1ccccc1C(F)(F)F. The summed E-state index contributed by atoms with van der Waals surface area (Å²) in [6, 6.07) is 2.89. The van der Waals surface area contributed by atoms with E-state index in [4.69, 9.17) is 9.47 Å². The number of hydrogen-bond acceptors (Lipinski definition) is 6. The summed E-state index contributed by atoms with van der Waals surface area (Å²) in [6.07, 6.45) is -3.60. The van der Waals surface area contributed by atoms with Crippen LogP contribution < -0.4 is 5.32 Å². The molecule has 35 heavy (non-hydrogen) atoms. The highest BCUT2D eigenvalue weighted by Crippen LogP contribution is 2.39. The molecule has 192 valence electrons. The number of carbonyl (C=O) groups is 3. The molecule has 1 N–H and O–H groups in total. The van der Waals surface area contributed by atoms with E-state index < -0.39 is 29.8 Å². The number of rotatable bonds is 7. The number of benzene rings is 1. The Labute approximate surface area is 202 Å². The van der Waals surface area contributed by atoms with Gasteiger partial charge in [-0.15, -0.1) is 0 Å². The van der Waals surface area contributed by atoms with E-state index in [1.54, 1.807) is 13.8 Å². The molecule has 8 nitrogen and oxygen atoms in total. The largest absolute Gasteiger partial charge is 0.466 e. The van der Waals surface area contributed by atoms with E-state index in [9.17, 15) is 27.6 Å². The van der Waals surface area contributed by atoms with Gasteiger partial charge in [-0.3, -0.25) is 14.6 Å². The van der Waals surface area contributed by atoms with Gasteiger partial charge in [-0.25, -0.2) is 9.59 Å². The summed E-state index contributed by atoms with van der Waals surface area (Å²) >= 11 is 0. The van der Waals surface area contributed by atoms with E-state index in [1.807, 2.05) is 4.90 Å². The molecule has 1 atom stereocenters. The molecule has 3 rings (SSSR count). The van der Waals surface area contributed by atoms with Gasteiger partial charge in [-0.05, 0) is 51.4 Å². The van der Waals surface area contributed by atoms with Crippen LogP contribution >= 0.6 is 0 Å². The number of piperidine rings is 1. The average Bonchev–Trinajstić information content (AvgIpc) is 2.82. The van der Waals surface area contributed by atoms with Crippen LogP contribution in [0.1, 0.15) is 43.9 Å². The van der Waals surface area contributed by atoms with Gasteiger partial charge in [0.05, 0.1) is 36.3 Å². The Balaban J connectivity index is 1.98. The Morgan fingerprint density at radius 3 is 2.31 bits per heavy atom. The van der Waals surface area contributed by atoms with Crippen LogP contribution in [0.3, 0.4) is 0 Å². The maximum Gasteiger partial charge on any atom is 0.416 e. The molecule has 2 heterocycles. The molecule has 0 saturated carbocycles. The quantitative estimate of drug-likeness (QED) is 0.581. The predicted octanol–water partition coefficient (Wildman–Crippen LogP) is 3.49. The molecule has 11 heteroatoms. The van der Waals surface area contributed by atoms with Crippen molar-refractivity contribution in [3.8, 4) is 0 Å². The number of halogens is 3. The summed E-state index contributed by atoms with van der Waals surface area (Å²) in [5.41, 5.74) is -0.948. The van der Waals surface area contributed by atoms with Gasteiger partial charge in [0.15, 0.2) is 0 Å². The summed E-state index contributed by atoms with van der Waals surface area (Å²) in [5, 5.41) is 2.54. The van der Waals surface area contributed by atoms with Crippen LogP contribution in [0.25, 0.3) is 0 Å². The molecule has 1 aromatic carbocycles. The van der Waals surface area contributed by atoms with E-state index in [0.29, 0.717) is 32.5 Å². The molecule has 2 aliphatic heterocycles. The Hall–Kier alpha value is -3.08. The van der Waals surface area contributed by atoms with Crippen LogP contribution in [-0.4, -0.2) is 67.7 Å². The van der Waals surface area contributed by atoms with Crippen molar-refractivity contribution in [2.24, 2.45) is 5.92 Å². The van der Waals surface area contributed by atoms with Crippen LogP contribution in [0.15, 0.2) is 35.5 Å². The molecule has 0 bridgehead atoms. The van der Waals surface area contributed by atoms with Crippen molar-refractivity contribution in [1.29, 1.82) is 0 Å². The number of amides is 2. The molecule has 0 spiro atoms. The summed E-state index contributed by atoms with van der Waals surface area (Å²) < 4.78 is 51.6. The molecular weight excluding hydrogens is 467 g/mol. The van der Waals surface area contributed by atoms with Gasteiger partial charge in [-0.1, -0.05) is 18.2 Å². The number of alkyl halides is 3. The van der Waals surface area contributed by atoms with Gasteiger partial charge in [0, 0.05) is 19.3 Å². The Morgan fingerprint density at radius 1 is 1.09 bits per heavy atom. The third-order valence-electron chi connectivity index (χ3n) is 6.23. The Morgan fingerprint density at radius 2 is 1.71 bits per heavy atom. The Bertz CT molecular complexity index is 987. The van der Waals surface area contributed by atoms with Crippen molar-refractivity contribution in [2.45, 2.75) is 38.9 Å². The molecule has 2 amide bonds. The van der Waals surface area contributed by atoms with Gasteiger partial charge >= 0.3 is 24.1 Å². The van der Waals surface area contributed by atoms with Gasteiger partial charge in [0.1, 0.15) is 0 Å². The topological polar surface area (TPSA) is 88.2 Å². The van der Waals surface area contributed by atoms with Crippen molar-refractivity contribution < 1.29 is 37.0 Å². The molecule has 1 saturated heterocycles. The number of nitrogens with zero attached hydrogens (tertiary/aromatic N) is 2. The minimum absolute atomic E-state index is 0.0197. The van der Waals surface area contributed by atoms with Crippen LogP contribution in [-0.2, 0) is 25.2 Å². The monoisotopic (exact) mass is 497 g/mol. The number of carbonyl (C=O) groups excluding carboxylic acids is 3. The minimum atomic E-state index is -4.68. The van der Waals surface area contributed by atoms with Gasteiger partial charge in [-0.2, -0.15) is 13.2 Å². The standard InChI is InChI=1S/C24H30F3N3O5/c1-4-34-21(31)15-10-12-30(13-11-15)14-18-19(22(32)35-5-2)20(28-23(33)29(18)3)16-8-6-7-9-17(16)24(25,26)27/h6-9,15,20H,4-5,10-14H2,1-3H3,(H,28,33)/t20-/m1/s1. The zero-order valence-electron chi connectivity index (χ0n) is 20.0.